The molecule has 0 heterocycles. The molecule has 4 nitrogen and oxygen atoms in total. The van der Waals surface area contributed by atoms with Crippen LogP contribution in [-0.4, -0.2) is 13.0 Å². The van der Waals surface area contributed by atoms with Crippen LogP contribution in [0, 0.1) is 0 Å². The van der Waals surface area contributed by atoms with Gasteiger partial charge in [0.05, 0.1) is 7.11 Å². The molecule has 4 heteroatoms. The highest BCUT2D eigenvalue weighted by Crippen LogP contribution is 2.16. The molecule has 104 valence electrons. The van der Waals surface area contributed by atoms with Gasteiger partial charge in [-0.25, -0.2) is 5.43 Å². The molecule has 2 aromatic carbocycles. The molecule has 0 fully saturated rings. The Labute approximate surface area is 118 Å². The third kappa shape index (κ3) is 3.59. The van der Waals surface area contributed by atoms with Crippen LogP contribution < -0.4 is 15.6 Å². The average molecular weight is 270 g/mol. The Morgan fingerprint density at radius 3 is 2.30 bits per heavy atom. The second-order valence-corrected chi connectivity index (χ2v) is 4.46. The van der Waals surface area contributed by atoms with Crippen molar-refractivity contribution in [3.63, 3.8) is 0 Å². The van der Waals surface area contributed by atoms with Crippen LogP contribution in [0.4, 0.5) is 0 Å². The first-order valence-electron chi connectivity index (χ1n) is 6.45. The van der Waals surface area contributed by atoms with E-state index in [2.05, 4.69) is 10.9 Å². The molecular weight excluding hydrogens is 252 g/mol. The van der Waals surface area contributed by atoms with Crippen molar-refractivity contribution in [3.8, 4) is 5.75 Å². The third-order valence-electron chi connectivity index (χ3n) is 3.05. The molecule has 0 aliphatic carbocycles. The quantitative estimate of drug-likeness (QED) is 0.821. The van der Waals surface area contributed by atoms with E-state index in [-0.39, 0.29) is 11.9 Å². The van der Waals surface area contributed by atoms with Crippen molar-refractivity contribution in [2.24, 2.45) is 0 Å². The van der Waals surface area contributed by atoms with Gasteiger partial charge in [0.1, 0.15) is 5.75 Å². The van der Waals surface area contributed by atoms with Crippen molar-refractivity contribution in [3.05, 3.63) is 65.7 Å². The number of methoxy groups -OCH3 is 1. The number of hydrogen-bond donors (Lipinski definition) is 2. The summed E-state index contributed by atoms with van der Waals surface area (Å²) < 4.78 is 5.11. The number of rotatable bonds is 5. The molecular formula is C16H18N2O2. The van der Waals surface area contributed by atoms with Gasteiger partial charge >= 0.3 is 0 Å². The van der Waals surface area contributed by atoms with Crippen molar-refractivity contribution >= 4 is 5.91 Å². The molecule has 0 aliphatic rings. The highest BCUT2D eigenvalue weighted by molar-refractivity contribution is 5.93. The molecule has 1 unspecified atom stereocenters. The molecule has 2 aromatic rings. The monoisotopic (exact) mass is 270 g/mol. The van der Waals surface area contributed by atoms with E-state index >= 15 is 0 Å². The first-order valence-corrected chi connectivity index (χ1v) is 6.45. The van der Waals surface area contributed by atoms with Gasteiger partial charge in [0.25, 0.3) is 5.91 Å². The van der Waals surface area contributed by atoms with Gasteiger partial charge in [0.2, 0.25) is 0 Å². The van der Waals surface area contributed by atoms with Crippen LogP contribution in [0.3, 0.4) is 0 Å². The minimum absolute atomic E-state index is 0.00793. The van der Waals surface area contributed by atoms with Gasteiger partial charge in [0.15, 0.2) is 0 Å². The number of amides is 1. The zero-order valence-electron chi connectivity index (χ0n) is 11.6. The van der Waals surface area contributed by atoms with Gasteiger partial charge < -0.3 is 4.74 Å². The van der Waals surface area contributed by atoms with E-state index in [0.717, 1.165) is 11.3 Å². The number of hydrogen-bond acceptors (Lipinski definition) is 3. The Morgan fingerprint density at radius 2 is 1.70 bits per heavy atom. The molecule has 0 bridgehead atoms. The summed E-state index contributed by atoms with van der Waals surface area (Å²) in [4.78, 5) is 11.9. The van der Waals surface area contributed by atoms with Gasteiger partial charge in [-0.15, -0.1) is 0 Å². The summed E-state index contributed by atoms with van der Waals surface area (Å²) in [7, 11) is 1.64. The fraction of sp³-hybridized carbons (Fsp3) is 0.188. The van der Waals surface area contributed by atoms with Crippen LogP contribution in [0.15, 0.2) is 54.6 Å². The van der Waals surface area contributed by atoms with Crippen molar-refractivity contribution in [2.45, 2.75) is 13.0 Å². The summed E-state index contributed by atoms with van der Waals surface area (Å²) in [5.41, 5.74) is 7.40. The molecule has 1 atom stereocenters. The predicted octanol–water partition coefficient (Wildman–Crippen LogP) is 2.69. The van der Waals surface area contributed by atoms with Crippen LogP contribution in [0.5, 0.6) is 5.75 Å². The Balaban J connectivity index is 1.91. The molecule has 0 aliphatic heterocycles. The lowest BCUT2D eigenvalue weighted by molar-refractivity contribution is 0.0926. The van der Waals surface area contributed by atoms with Gasteiger partial charge in [0, 0.05) is 11.6 Å². The van der Waals surface area contributed by atoms with E-state index in [1.165, 1.54) is 0 Å². The lowest BCUT2D eigenvalue weighted by Crippen LogP contribution is -2.38. The zero-order chi connectivity index (χ0) is 14.4. The number of ether oxygens (including phenoxy) is 1. The Hall–Kier alpha value is -2.33. The SMILES string of the molecule is COc1ccc(C(C)NNC(=O)c2ccccc2)cc1. The summed E-state index contributed by atoms with van der Waals surface area (Å²) in [6, 6.07) is 16.8. The minimum Gasteiger partial charge on any atom is -0.497 e. The van der Waals surface area contributed by atoms with E-state index in [4.69, 9.17) is 4.74 Å². The number of benzene rings is 2. The largest absolute Gasteiger partial charge is 0.497 e. The summed E-state index contributed by atoms with van der Waals surface area (Å²) in [6.07, 6.45) is 0. The van der Waals surface area contributed by atoms with Crippen molar-refractivity contribution < 1.29 is 9.53 Å². The molecule has 1 amide bonds. The molecule has 0 spiro atoms. The smallest absolute Gasteiger partial charge is 0.265 e. The minimum atomic E-state index is -0.147. The molecule has 0 saturated carbocycles. The van der Waals surface area contributed by atoms with Gasteiger partial charge in [-0.2, -0.15) is 0 Å². The normalized spacial score (nSPS) is 11.7. The predicted molar refractivity (Wildman–Crippen MR) is 78.5 cm³/mol. The fourth-order valence-corrected chi connectivity index (χ4v) is 1.81. The zero-order valence-corrected chi connectivity index (χ0v) is 11.6. The summed E-state index contributed by atoms with van der Waals surface area (Å²) in [5.74, 6) is 0.667. The summed E-state index contributed by atoms with van der Waals surface area (Å²) >= 11 is 0. The maximum absolute atomic E-state index is 11.9. The maximum atomic E-state index is 11.9. The molecule has 2 N–H and O–H groups in total. The second-order valence-electron chi connectivity index (χ2n) is 4.46. The molecule has 20 heavy (non-hydrogen) atoms. The molecule has 0 radical (unpaired) electrons. The first-order chi connectivity index (χ1) is 9.70. The van der Waals surface area contributed by atoms with E-state index in [9.17, 15) is 4.79 Å². The molecule has 0 saturated heterocycles. The van der Waals surface area contributed by atoms with Crippen molar-refractivity contribution in [2.75, 3.05) is 7.11 Å². The van der Waals surface area contributed by atoms with E-state index in [0.29, 0.717) is 5.56 Å². The van der Waals surface area contributed by atoms with Gasteiger partial charge in [-0.05, 0) is 36.8 Å². The van der Waals surface area contributed by atoms with Crippen LogP contribution in [-0.2, 0) is 0 Å². The Kier molecular flexibility index (Phi) is 4.74. The number of nitrogens with one attached hydrogen (secondary N) is 2. The van der Waals surface area contributed by atoms with E-state index < -0.39 is 0 Å². The van der Waals surface area contributed by atoms with Crippen LogP contribution in [0.2, 0.25) is 0 Å². The Morgan fingerprint density at radius 1 is 1.05 bits per heavy atom. The van der Waals surface area contributed by atoms with Crippen molar-refractivity contribution in [1.29, 1.82) is 0 Å². The summed E-state index contributed by atoms with van der Waals surface area (Å²) in [6.45, 7) is 1.98. The highest BCUT2D eigenvalue weighted by Gasteiger charge is 2.08. The number of hydrazine groups is 1. The van der Waals surface area contributed by atoms with Gasteiger partial charge in [-0.1, -0.05) is 30.3 Å². The number of carbonyl (C=O) groups excluding carboxylic acids is 1. The summed E-state index contributed by atoms with van der Waals surface area (Å²) in [5, 5.41) is 0. The van der Waals surface area contributed by atoms with E-state index in [1.807, 2.05) is 49.4 Å². The van der Waals surface area contributed by atoms with Crippen LogP contribution >= 0.6 is 0 Å². The van der Waals surface area contributed by atoms with Gasteiger partial charge in [-0.3, -0.25) is 10.2 Å². The van der Waals surface area contributed by atoms with Crippen LogP contribution in [0.1, 0.15) is 28.9 Å². The van der Waals surface area contributed by atoms with Crippen molar-refractivity contribution in [1.82, 2.24) is 10.9 Å². The lowest BCUT2D eigenvalue weighted by Gasteiger charge is -2.15. The second kappa shape index (κ2) is 6.73. The maximum Gasteiger partial charge on any atom is 0.265 e. The average Bonchev–Trinajstić information content (AvgIpc) is 2.53. The molecule has 0 aromatic heterocycles. The highest BCUT2D eigenvalue weighted by atomic mass is 16.5. The topological polar surface area (TPSA) is 50.4 Å². The first kappa shape index (κ1) is 14.1. The standard InChI is InChI=1S/C16H18N2O2/c1-12(13-8-10-15(20-2)11-9-13)17-18-16(19)14-6-4-3-5-7-14/h3-12,17H,1-2H3,(H,18,19). The molecule has 2 rings (SSSR count). The Bertz CT molecular complexity index is 552. The third-order valence-corrected chi connectivity index (χ3v) is 3.05. The van der Waals surface area contributed by atoms with Crippen LogP contribution in [0.25, 0.3) is 0 Å². The fourth-order valence-electron chi connectivity index (χ4n) is 1.81. The van der Waals surface area contributed by atoms with E-state index in [1.54, 1.807) is 19.2 Å². The lowest BCUT2D eigenvalue weighted by atomic mass is 10.1. The number of carbonyl (C=O) groups is 1.